The molecule has 0 spiro atoms. The lowest BCUT2D eigenvalue weighted by Gasteiger charge is -2.26. The Bertz CT molecular complexity index is 484. The Morgan fingerprint density at radius 3 is 3.00 bits per heavy atom. The number of carbonyl (C=O) groups excluding carboxylic acids is 1. The molecule has 2 rings (SSSR count). The molecule has 94 valence electrons. The van der Waals surface area contributed by atoms with Crippen molar-refractivity contribution in [1.29, 1.82) is 0 Å². The molecule has 5 nitrogen and oxygen atoms in total. The molecule has 2 N–H and O–H groups in total. The standard InChI is InChI=1S/C13H15N3O2/c14-5-1-3-11-4-2-6-15-12(11)13(17)16-7-9-18-10-8-16/h2,4,6H,5,7-10,14H2. The molecule has 1 aromatic heterocycles. The number of nitrogens with two attached hydrogens (primary N) is 1. The SMILES string of the molecule is NCC#Cc1cccnc1C(=O)N1CCOCC1. The van der Waals surface area contributed by atoms with Crippen molar-refractivity contribution in [2.75, 3.05) is 32.8 Å². The average molecular weight is 245 g/mol. The van der Waals surface area contributed by atoms with E-state index in [4.69, 9.17) is 10.5 Å². The molecule has 0 atom stereocenters. The highest BCUT2D eigenvalue weighted by Gasteiger charge is 2.21. The van der Waals surface area contributed by atoms with Crippen LogP contribution in [-0.4, -0.2) is 48.6 Å². The van der Waals surface area contributed by atoms with Crippen molar-refractivity contribution in [3.63, 3.8) is 0 Å². The number of nitrogens with zero attached hydrogens (tertiary/aromatic N) is 2. The Morgan fingerprint density at radius 2 is 2.28 bits per heavy atom. The lowest BCUT2D eigenvalue weighted by molar-refractivity contribution is 0.0299. The third kappa shape index (κ3) is 2.86. The minimum atomic E-state index is -0.0970. The molecule has 0 aliphatic carbocycles. The Morgan fingerprint density at radius 1 is 1.50 bits per heavy atom. The molecule has 0 radical (unpaired) electrons. The van der Waals surface area contributed by atoms with E-state index in [1.54, 1.807) is 23.2 Å². The van der Waals surface area contributed by atoms with Gasteiger partial charge in [-0.05, 0) is 12.1 Å². The second-order valence-electron chi connectivity index (χ2n) is 3.81. The second-order valence-corrected chi connectivity index (χ2v) is 3.81. The van der Waals surface area contributed by atoms with E-state index < -0.39 is 0 Å². The summed E-state index contributed by atoms with van der Waals surface area (Å²) < 4.78 is 5.22. The summed E-state index contributed by atoms with van der Waals surface area (Å²) in [6.07, 6.45) is 1.60. The van der Waals surface area contributed by atoms with E-state index in [-0.39, 0.29) is 12.5 Å². The van der Waals surface area contributed by atoms with E-state index in [1.807, 2.05) is 0 Å². The number of hydrogen-bond donors (Lipinski definition) is 1. The summed E-state index contributed by atoms with van der Waals surface area (Å²) in [5.41, 5.74) is 6.35. The van der Waals surface area contributed by atoms with Crippen molar-refractivity contribution in [3.05, 3.63) is 29.6 Å². The van der Waals surface area contributed by atoms with Gasteiger partial charge in [0.25, 0.3) is 5.91 Å². The summed E-state index contributed by atoms with van der Waals surface area (Å²) in [5.74, 6) is 5.52. The Labute approximate surface area is 106 Å². The number of rotatable bonds is 1. The fraction of sp³-hybridized carbons (Fsp3) is 0.385. The lowest BCUT2D eigenvalue weighted by Crippen LogP contribution is -2.41. The maximum atomic E-state index is 12.3. The summed E-state index contributed by atoms with van der Waals surface area (Å²) in [6, 6.07) is 3.54. The van der Waals surface area contributed by atoms with E-state index in [2.05, 4.69) is 16.8 Å². The first-order valence-corrected chi connectivity index (χ1v) is 5.84. The molecule has 0 unspecified atom stereocenters. The van der Waals surface area contributed by atoms with E-state index in [0.29, 0.717) is 37.6 Å². The summed E-state index contributed by atoms with van der Waals surface area (Å²) in [5, 5.41) is 0. The summed E-state index contributed by atoms with van der Waals surface area (Å²) >= 11 is 0. The third-order valence-electron chi connectivity index (χ3n) is 2.63. The van der Waals surface area contributed by atoms with Crippen LogP contribution in [0, 0.1) is 11.8 Å². The van der Waals surface area contributed by atoms with Crippen LogP contribution >= 0.6 is 0 Å². The van der Waals surface area contributed by atoms with Gasteiger partial charge in [0.2, 0.25) is 0 Å². The number of hydrogen-bond acceptors (Lipinski definition) is 4. The molecule has 1 aliphatic heterocycles. The second kappa shape index (κ2) is 6.15. The molecule has 0 bridgehead atoms. The molecule has 1 amide bonds. The van der Waals surface area contributed by atoms with E-state index >= 15 is 0 Å². The fourth-order valence-corrected chi connectivity index (χ4v) is 1.74. The van der Waals surface area contributed by atoms with Gasteiger partial charge < -0.3 is 15.4 Å². The van der Waals surface area contributed by atoms with Gasteiger partial charge in [-0.15, -0.1) is 0 Å². The zero-order valence-electron chi connectivity index (χ0n) is 10.1. The van der Waals surface area contributed by atoms with Crippen molar-refractivity contribution >= 4 is 5.91 Å². The summed E-state index contributed by atoms with van der Waals surface area (Å²) in [4.78, 5) is 18.2. The van der Waals surface area contributed by atoms with Gasteiger partial charge in [0.05, 0.1) is 25.3 Å². The number of aromatic nitrogens is 1. The fourth-order valence-electron chi connectivity index (χ4n) is 1.74. The molecular formula is C13H15N3O2. The molecule has 1 saturated heterocycles. The van der Waals surface area contributed by atoms with Crippen molar-refractivity contribution in [2.24, 2.45) is 5.73 Å². The van der Waals surface area contributed by atoms with Gasteiger partial charge in [-0.2, -0.15) is 0 Å². The molecule has 0 saturated carbocycles. The molecule has 18 heavy (non-hydrogen) atoms. The van der Waals surface area contributed by atoms with Crippen LogP contribution in [0.25, 0.3) is 0 Å². The van der Waals surface area contributed by atoms with Crippen LogP contribution in [0.4, 0.5) is 0 Å². The average Bonchev–Trinajstić information content (AvgIpc) is 2.45. The molecule has 5 heteroatoms. The number of ether oxygens (including phenoxy) is 1. The summed E-state index contributed by atoms with van der Waals surface area (Å²) in [7, 11) is 0. The molecule has 1 aromatic rings. The monoisotopic (exact) mass is 245 g/mol. The van der Waals surface area contributed by atoms with Gasteiger partial charge in [0.15, 0.2) is 0 Å². The highest BCUT2D eigenvalue weighted by Crippen LogP contribution is 2.09. The van der Waals surface area contributed by atoms with Crippen LogP contribution in [0.2, 0.25) is 0 Å². The topological polar surface area (TPSA) is 68.5 Å². The van der Waals surface area contributed by atoms with Crippen LogP contribution < -0.4 is 5.73 Å². The van der Waals surface area contributed by atoms with Crippen LogP contribution in [-0.2, 0) is 4.74 Å². The molecule has 1 aliphatic rings. The Balaban J connectivity index is 2.23. The van der Waals surface area contributed by atoms with Gasteiger partial charge in [0, 0.05) is 19.3 Å². The Hall–Kier alpha value is -1.90. The maximum Gasteiger partial charge on any atom is 0.273 e. The van der Waals surface area contributed by atoms with Gasteiger partial charge in [-0.25, -0.2) is 4.98 Å². The number of pyridine rings is 1. The summed E-state index contributed by atoms with van der Waals surface area (Å²) in [6.45, 7) is 2.60. The predicted molar refractivity (Wildman–Crippen MR) is 66.9 cm³/mol. The zero-order chi connectivity index (χ0) is 12.8. The first-order valence-electron chi connectivity index (χ1n) is 5.84. The van der Waals surface area contributed by atoms with Gasteiger partial charge in [-0.1, -0.05) is 11.8 Å². The van der Waals surface area contributed by atoms with E-state index in [0.717, 1.165) is 0 Å². The normalized spacial score (nSPS) is 14.8. The molecular weight excluding hydrogens is 230 g/mol. The van der Waals surface area contributed by atoms with Crippen LogP contribution in [0.15, 0.2) is 18.3 Å². The largest absolute Gasteiger partial charge is 0.378 e. The van der Waals surface area contributed by atoms with Crippen LogP contribution in [0.1, 0.15) is 16.1 Å². The van der Waals surface area contributed by atoms with Crippen molar-refractivity contribution in [3.8, 4) is 11.8 Å². The molecule has 2 heterocycles. The first kappa shape index (κ1) is 12.6. The number of carbonyl (C=O) groups is 1. The maximum absolute atomic E-state index is 12.3. The van der Waals surface area contributed by atoms with E-state index in [9.17, 15) is 4.79 Å². The lowest BCUT2D eigenvalue weighted by atomic mass is 10.1. The smallest absolute Gasteiger partial charge is 0.273 e. The van der Waals surface area contributed by atoms with Gasteiger partial charge in [0.1, 0.15) is 5.69 Å². The van der Waals surface area contributed by atoms with Crippen molar-refractivity contribution in [2.45, 2.75) is 0 Å². The highest BCUT2D eigenvalue weighted by molar-refractivity contribution is 5.94. The molecule has 1 fully saturated rings. The quantitative estimate of drug-likeness (QED) is 0.699. The first-order chi connectivity index (χ1) is 8.83. The third-order valence-corrected chi connectivity index (χ3v) is 2.63. The highest BCUT2D eigenvalue weighted by atomic mass is 16.5. The molecule has 0 aromatic carbocycles. The van der Waals surface area contributed by atoms with Gasteiger partial charge in [-0.3, -0.25) is 4.79 Å². The van der Waals surface area contributed by atoms with Gasteiger partial charge >= 0.3 is 0 Å². The number of morpholine rings is 1. The Kier molecular flexibility index (Phi) is 4.29. The van der Waals surface area contributed by atoms with E-state index in [1.165, 1.54) is 0 Å². The van der Waals surface area contributed by atoms with Crippen molar-refractivity contribution < 1.29 is 9.53 Å². The number of amides is 1. The predicted octanol–water partition coefficient (Wildman–Crippen LogP) is -0.136. The van der Waals surface area contributed by atoms with Crippen LogP contribution in [0.3, 0.4) is 0 Å². The minimum absolute atomic E-state index is 0.0970. The zero-order valence-corrected chi connectivity index (χ0v) is 10.1. The van der Waals surface area contributed by atoms with Crippen molar-refractivity contribution in [1.82, 2.24) is 9.88 Å². The van der Waals surface area contributed by atoms with Crippen LogP contribution in [0.5, 0.6) is 0 Å². The minimum Gasteiger partial charge on any atom is -0.378 e.